The van der Waals surface area contributed by atoms with Crippen molar-refractivity contribution in [1.82, 2.24) is 0 Å². The van der Waals surface area contributed by atoms with E-state index >= 15 is 0 Å². The summed E-state index contributed by atoms with van der Waals surface area (Å²) in [6, 6.07) is 7.97. The lowest BCUT2D eigenvalue weighted by atomic mass is 10.1. The average molecular weight is 215 g/mol. The van der Waals surface area contributed by atoms with Crippen LogP contribution in [0.4, 0.5) is 5.69 Å². The van der Waals surface area contributed by atoms with Crippen molar-refractivity contribution in [1.29, 1.82) is 0 Å². The number of para-hydroxylation sites is 1. The Morgan fingerprint density at radius 1 is 1.56 bits per heavy atom. The van der Waals surface area contributed by atoms with E-state index in [1.807, 2.05) is 37.4 Å². The molecule has 1 unspecified atom stereocenters. The van der Waals surface area contributed by atoms with Gasteiger partial charge in [0, 0.05) is 32.0 Å². The van der Waals surface area contributed by atoms with Crippen molar-refractivity contribution in [2.45, 2.75) is 6.10 Å². The number of methoxy groups -OCH3 is 1. The van der Waals surface area contributed by atoms with Crippen molar-refractivity contribution in [3.8, 4) is 12.3 Å². The quantitative estimate of drug-likeness (QED) is 0.553. The maximum Gasteiger partial charge on any atom is 0.144 e. The van der Waals surface area contributed by atoms with Gasteiger partial charge in [-0.15, -0.1) is 13.0 Å². The molecule has 0 aliphatic carbocycles. The van der Waals surface area contributed by atoms with Crippen LogP contribution in [0.3, 0.4) is 0 Å². The predicted molar refractivity (Wildman–Crippen MR) is 68.5 cm³/mol. The zero-order chi connectivity index (χ0) is 12.0. The van der Waals surface area contributed by atoms with E-state index in [1.165, 1.54) is 0 Å². The molecule has 0 spiro atoms. The van der Waals surface area contributed by atoms with Crippen molar-refractivity contribution in [3.05, 3.63) is 42.5 Å². The summed E-state index contributed by atoms with van der Waals surface area (Å²) in [7, 11) is 3.62. The van der Waals surface area contributed by atoms with Gasteiger partial charge in [0.25, 0.3) is 0 Å². The second kappa shape index (κ2) is 5.99. The number of terminal acetylenes is 1. The van der Waals surface area contributed by atoms with E-state index in [9.17, 15) is 0 Å². The molecule has 1 atom stereocenters. The summed E-state index contributed by atoms with van der Waals surface area (Å²) < 4.78 is 5.27. The second-order valence-corrected chi connectivity index (χ2v) is 3.51. The highest BCUT2D eigenvalue weighted by molar-refractivity contribution is 5.55. The third-order valence-electron chi connectivity index (χ3n) is 2.42. The summed E-state index contributed by atoms with van der Waals surface area (Å²) in [5.41, 5.74) is 2.09. The van der Waals surface area contributed by atoms with Crippen molar-refractivity contribution in [3.63, 3.8) is 0 Å². The molecular formula is C14H17NO. The molecule has 1 aromatic rings. The fraction of sp³-hybridized carbons (Fsp3) is 0.286. The van der Waals surface area contributed by atoms with E-state index in [1.54, 1.807) is 7.11 Å². The van der Waals surface area contributed by atoms with Crippen LogP contribution in [0.1, 0.15) is 11.7 Å². The zero-order valence-corrected chi connectivity index (χ0v) is 9.81. The predicted octanol–water partition coefficient (Wildman–Crippen LogP) is 2.63. The molecule has 1 aromatic carbocycles. The summed E-state index contributed by atoms with van der Waals surface area (Å²) in [6.07, 6.45) is 7.00. The molecule has 2 heteroatoms. The van der Waals surface area contributed by atoms with Gasteiger partial charge in [-0.2, -0.15) is 0 Å². The maximum absolute atomic E-state index is 5.44. The standard InChI is InChI=1S/C14H17NO/c1-5-11-15(3)13-10-8-7-9-12(13)14(6-2)16-4/h2,5,7-10,14H,1,11H2,3-4H3. The number of likely N-dealkylation sites (N-methyl/N-ethyl adjacent to an activating group) is 1. The highest BCUT2D eigenvalue weighted by atomic mass is 16.5. The Hall–Kier alpha value is -1.72. The Bertz CT molecular complexity index is 392. The molecule has 0 saturated heterocycles. The van der Waals surface area contributed by atoms with Gasteiger partial charge in [-0.25, -0.2) is 0 Å². The van der Waals surface area contributed by atoms with E-state index in [4.69, 9.17) is 11.2 Å². The molecule has 2 nitrogen and oxygen atoms in total. The number of benzene rings is 1. The summed E-state index contributed by atoms with van der Waals surface area (Å²) in [6.45, 7) is 4.50. The van der Waals surface area contributed by atoms with Crippen molar-refractivity contribution in [2.24, 2.45) is 0 Å². The van der Waals surface area contributed by atoms with Crippen LogP contribution >= 0.6 is 0 Å². The monoisotopic (exact) mass is 215 g/mol. The van der Waals surface area contributed by atoms with Crippen LogP contribution in [0.25, 0.3) is 0 Å². The molecule has 84 valence electrons. The first-order chi connectivity index (χ1) is 7.74. The Kier molecular flexibility index (Phi) is 4.63. The van der Waals surface area contributed by atoms with E-state index in [0.717, 1.165) is 17.8 Å². The number of hydrogen-bond acceptors (Lipinski definition) is 2. The molecule has 1 rings (SSSR count). The fourth-order valence-electron chi connectivity index (χ4n) is 1.63. The Balaban J connectivity index is 3.09. The highest BCUT2D eigenvalue weighted by Crippen LogP contribution is 2.26. The molecule has 0 fully saturated rings. The minimum absolute atomic E-state index is 0.302. The number of hydrogen-bond donors (Lipinski definition) is 0. The van der Waals surface area contributed by atoms with Gasteiger partial charge in [-0.3, -0.25) is 0 Å². The number of nitrogens with zero attached hydrogens (tertiary/aromatic N) is 1. The van der Waals surface area contributed by atoms with Gasteiger partial charge in [0.2, 0.25) is 0 Å². The summed E-state index contributed by atoms with van der Waals surface area (Å²) in [5.74, 6) is 2.63. The van der Waals surface area contributed by atoms with Gasteiger partial charge in [-0.1, -0.05) is 30.2 Å². The summed E-state index contributed by atoms with van der Waals surface area (Å²) in [4.78, 5) is 2.09. The van der Waals surface area contributed by atoms with Crippen LogP contribution in [0.15, 0.2) is 36.9 Å². The number of anilines is 1. The molecule has 0 aliphatic heterocycles. The molecule has 0 aliphatic rings. The molecule has 0 amide bonds. The number of rotatable bonds is 5. The van der Waals surface area contributed by atoms with Gasteiger partial charge in [0.1, 0.15) is 6.10 Å². The minimum atomic E-state index is -0.302. The fourth-order valence-corrected chi connectivity index (χ4v) is 1.63. The topological polar surface area (TPSA) is 12.5 Å². The first-order valence-corrected chi connectivity index (χ1v) is 5.14. The van der Waals surface area contributed by atoms with Crippen LogP contribution in [0, 0.1) is 12.3 Å². The van der Waals surface area contributed by atoms with E-state index < -0.39 is 0 Å². The van der Waals surface area contributed by atoms with Crippen molar-refractivity contribution < 1.29 is 4.74 Å². The number of ether oxygens (including phenoxy) is 1. The smallest absolute Gasteiger partial charge is 0.144 e. The second-order valence-electron chi connectivity index (χ2n) is 3.51. The van der Waals surface area contributed by atoms with E-state index in [2.05, 4.69) is 17.4 Å². The van der Waals surface area contributed by atoms with Gasteiger partial charge in [0.15, 0.2) is 0 Å². The molecule has 0 aromatic heterocycles. The minimum Gasteiger partial charge on any atom is -0.371 e. The van der Waals surface area contributed by atoms with Crippen LogP contribution in [0.2, 0.25) is 0 Å². The molecule has 0 N–H and O–H groups in total. The average Bonchev–Trinajstić information content (AvgIpc) is 2.31. The largest absolute Gasteiger partial charge is 0.371 e. The van der Waals surface area contributed by atoms with Gasteiger partial charge in [-0.05, 0) is 6.07 Å². The zero-order valence-electron chi connectivity index (χ0n) is 9.81. The first kappa shape index (κ1) is 12.4. The summed E-state index contributed by atoms with van der Waals surface area (Å²) >= 11 is 0. The SMILES string of the molecule is C#CC(OC)c1ccccc1N(C)CC=C. The molecule has 0 bridgehead atoms. The van der Waals surface area contributed by atoms with E-state index in [0.29, 0.717) is 0 Å². The molecular weight excluding hydrogens is 198 g/mol. The lowest BCUT2D eigenvalue weighted by Gasteiger charge is -2.22. The molecule has 16 heavy (non-hydrogen) atoms. The molecule has 0 heterocycles. The normalized spacial score (nSPS) is 11.6. The lowest BCUT2D eigenvalue weighted by Crippen LogP contribution is -2.19. The Morgan fingerprint density at radius 3 is 2.81 bits per heavy atom. The van der Waals surface area contributed by atoms with E-state index in [-0.39, 0.29) is 6.10 Å². The van der Waals surface area contributed by atoms with Crippen molar-refractivity contribution >= 4 is 5.69 Å². The van der Waals surface area contributed by atoms with Crippen LogP contribution in [-0.4, -0.2) is 20.7 Å². The first-order valence-electron chi connectivity index (χ1n) is 5.14. The van der Waals surface area contributed by atoms with Crippen LogP contribution in [0.5, 0.6) is 0 Å². The van der Waals surface area contributed by atoms with Gasteiger partial charge >= 0.3 is 0 Å². The lowest BCUT2D eigenvalue weighted by molar-refractivity contribution is 0.151. The summed E-state index contributed by atoms with van der Waals surface area (Å²) in [5, 5.41) is 0. The Labute approximate surface area is 97.5 Å². The van der Waals surface area contributed by atoms with Gasteiger partial charge < -0.3 is 9.64 Å². The molecule has 0 saturated carbocycles. The van der Waals surface area contributed by atoms with Crippen LogP contribution in [-0.2, 0) is 4.74 Å². The third-order valence-corrected chi connectivity index (χ3v) is 2.42. The van der Waals surface area contributed by atoms with Gasteiger partial charge in [0.05, 0.1) is 0 Å². The third kappa shape index (κ3) is 2.65. The maximum atomic E-state index is 5.44. The van der Waals surface area contributed by atoms with Crippen LogP contribution < -0.4 is 4.90 Å². The molecule has 0 radical (unpaired) electrons. The highest BCUT2D eigenvalue weighted by Gasteiger charge is 2.13. The Morgan fingerprint density at radius 2 is 2.25 bits per heavy atom. The van der Waals surface area contributed by atoms with Crippen molar-refractivity contribution in [2.75, 3.05) is 25.6 Å².